The lowest BCUT2D eigenvalue weighted by atomic mass is 10.1. The molecule has 0 radical (unpaired) electrons. The minimum atomic E-state index is -1.41. The van der Waals surface area contributed by atoms with Crippen molar-refractivity contribution in [3.05, 3.63) is 0 Å². The minimum absolute atomic E-state index is 0.0329. The summed E-state index contributed by atoms with van der Waals surface area (Å²) in [6.45, 7) is 0.283. The number of hydrogen-bond acceptors (Lipinski definition) is 9. The number of rotatable bonds is 21. The number of amides is 3. The van der Waals surface area contributed by atoms with E-state index in [1.165, 1.54) is 11.8 Å². The van der Waals surface area contributed by atoms with E-state index in [0.717, 1.165) is 0 Å². The van der Waals surface area contributed by atoms with Crippen LogP contribution in [0.3, 0.4) is 0 Å². The average molecular weight is 591 g/mol. The molecular formula is C22H42N10O7S. The Labute approximate surface area is 236 Å². The van der Waals surface area contributed by atoms with E-state index in [2.05, 4.69) is 25.9 Å². The number of carbonyl (C=O) groups excluding carboxylic acids is 3. The zero-order valence-corrected chi connectivity index (χ0v) is 23.3. The zero-order valence-electron chi connectivity index (χ0n) is 22.5. The first-order chi connectivity index (χ1) is 18.8. The Morgan fingerprint density at radius 1 is 0.725 bits per heavy atom. The van der Waals surface area contributed by atoms with E-state index in [4.69, 9.17) is 33.8 Å². The highest BCUT2D eigenvalue weighted by molar-refractivity contribution is 7.98. The fourth-order valence-electron chi connectivity index (χ4n) is 3.27. The van der Waals surface area contributed by atoms with Crippen LogP contribution >= 0.6 is 11.8 Å². The lowest BCUT2D eigenvalue weighted by Crippen LogP contribution is -2.57. The molecule has 0 heterocycles. The third-order valence-electron chi connectivity index (χ3n) is 5.39. The van der Waals surface area contributed by atoms with Crippen LogP contribution in [0.25, 0.3) is 0 Å². The Kier molecular flexibility index (Phi) is 18.2. The third-order valence-corrected chi connectivity index (χ3v) is 6.03. The molecule has 0 bridgehead atoms. The first-order valence-electron chi connectivity index (χ1n) is 12.5. The van der Waals surface area contributed by atoms with Gasteiger partial charge in [-0.15, -0.1) is 0 Å². The highest BCUT2D eigenvalue weighted by Gasteiger charge is 2.30. The van der Waals surface area contributed by atoms with Gasteiger partial charge in [-0.05, 0) is 50.5 Å². The van der Waals surface area contributed by atoms with Gasteiger partial charge >= 0.3 is 11.9 Å². The summed E-state index contributed by atoms with van der Waals surface area (Å²) in [5.41, 5.74) is 27.0. The van der Waals surface area contributed by atoms with E-state index in [0.29, 0.717) is 12.2 Å². The molecule has 0 spiro atoms. The topological polar surface area (TPSA) is 317 Å². The molecule has 0 unspecified atom stereocenters. The Morgan fingerprint density at radius 2 is 1.18 bits per heavy atom. The second kappa shape index (κ2) is 20.2. The lowest BCUT2D eigenvalue weighted by Gasteiger charge is -2.25. The smallest absolute Gasteiger partial charge is 0.326 e. The fourth-order valence-corrected chi connectivity index (χ4v) is 3.76. The van der Waals surface area contributed by atoms with Crippen molar-refractivity contribution in [3.8, 4) is 0 Å². The van der Waals surface area contributed by atoms with Crippen LogP contribution in [-0.4, -0.2) is 101 Å². The average Bonchev–Trinajstić information content (AvgIpc) is 2.87. The number of thioether (sulfide) groups is 1. The van der Waals surface area contributed by atoms with Gasteiger partial charge in [-0.2, -0.15) is 11.8 Å². The molecular weight excluding hydrogens is 548 g/mol. The predicted molar refractivity (Wildman–Crippen MR) is 151 cm³/mol. The normalized spacial score (nSPS) is 13.6. The van der Waals surface area contributed by atoms with Gasteiger partial charge < -0.3 is 54.8 Å². The molecule has 0 aromatic heterocycles. The van der Waals surface area contributed by atoms with Crippen LogP contribution < -0.4 is 44.6 Å². The maximum Gasteiger partial charge on any atom is 0.326 e. The summed E-state index contributed by atoms with van der Waals surface area (Å²) in [6, 6.07) is -4.81. The van der Waals surface area contributed by atoms with Gasteiger partial charge in [0, 0.05) is 19.5 Å². The van der Waals surface area contributed by atoms with Crippen molar-refractivity contribution in [2.75, 3.05) is 25.1 Å². The Bertz CT molecular complexity index is 910. The molecule has 0 fully saturated rings. The maximum atomic E-state index is 13.2. The molecule has 0 aliphatic carbocycles. The summed E-state index contributed by atoms with van der Waals surface area (Å²) in [5, 5.41) is 25.9. The number of nitrogens with two attached hydrogens (primary N) is 5. The summed E-state index contributed by atoms with van der Waals surface area (Å²) in [6.07, 6.45) is 1.91. The molecule has 0 aromatic carbocycles. The van der Waals surface area contributed by atoms with Crippen molar-refractivity contribution in [2.24, 2.45) is 38.7 Å². The van der Waals surface area contributed by atoms with Crippen molar-refractivity contribution in [2.45, 2.75) is 69.1 Å². The fraction of sp³-hybridized carbons (Fsp3) is 0.682. The van der Waals surface area contributed by atoms with Gasteiger partial charge in [-0.25, -0.2) is 4.79 Å². The van der Waals surface area contributed by atoms with Crippen LogP contribution in [0.1, 0.15) is 44.9 Å². The number of nitrogens with one attached hydrogen (secondary N) is 3. The molecule has 0 aliphatic heterocycles. The van der Waals surface area contributed by atoms with Crippen molar-refractivity contribution in [1.29, 1.82) is 0 Å². The van der Waals surface area contributed by atoms with E-state index in [1.807, 2.05) is 6.26 Å². The Morgan fingerprint density at radius 3 is 1.62 bits per heavy atom. The predicted octanol–water partition coefficient (Wildman–Crippen LogP) is -3.42. The lowest BCUT2D eigenvalue weighted by molar-refractivity contribution is -0.143. The van der Waals surface area contributed by atoms with E-state index in [9.17, 15) is 29.1 Å². The van der Waals surface area contributed by atoms with Gasteiger partial charge in [0.05, 0.1) is 6.04 Å². The standard InChI is InChI=1S/C22H42N10O7S/c1-40-11-8-12(23)17(35)30-13(4-2-9-28-21(24)25)18(36)31-14(6-7-16(33)34)19(37)32-15(20(38)39)5-3-10-29-22(26)27/h12-15H,2-11,23H2,1H3,(H,30,35)(H,31,36)(H,32,37)(H,33,34)(H,38,39)(H4,24,25,28)(H4,26,27,29)/t12-,13-,14-,15-/m0/s1. The molecule has 4 atom stereocenters. The first kappa shape index (κ1) is 36.2. The van der Waals surface area contributed by atoms with E-state index in [-0.39, 0.29) is 57.1 Å². The summed E-state index contributed by atoms with van der Waals surface area (Å²) < 4.78 is 0. The molecule has 0 saturated heterocycles. The van der Waals surface area contributed by atoms with Crippen LogP contribution in [0.15, 0.2) is 9.98 Å². The second-order valence-corrected chi connectivity index (χ2v) is 9.73. The number of nitrogens with zero attached hydrogens (tertiary/aromatic N) is 2. The minimum Gasteiger partial charge on any atom is -0.481 e. The number of carbonyl (C=O) groups is 5. The van der Waals surface area contributed by atoms with Gasteiger partial charge in [0.2, 0.25) is 17.7 Å². The summed E-state index contributed by atoms with van der Waals surface area (Å²) >= 11 is 1.50. The van der Waals surface area contributed by atoms with Gasteiger partial charge in [0.25, 0.3) is 0 Å². The van der Waals surface area contributed by atoms with Crippen molar-refractivity contribution < 1.29 is 34.2 Å². The molecule has 0 saturated carbocycles. The van der Waals surface area contributed by atoms with Crippen LogP contribution in [0.5, 0.6) is 0 Å². The molecule has 40 heavy (non-hydrogen) atoms. The number of hydrogen-bond donors (Lipinski definition) is 10. The number of aliphatic carboxylic acids is 2. The first-order valence-corrected chi connectivity index (χ1v) is 13.9. The van der Waals surface area contributed by atoms with Gasteiger partial charge in [-0.1, -0.05) is 0 Å². The zero-order chi connectivity index (χ0) is 30.7. The van der Waals surface area contributed by atoms with E-state index in [1.54, 1.807) is 0 Å². The molecule has 0 rings (SSSR count). The quantitative estimate of drug-likeness (QED) is 0.0354. The van der Waals surface area contributed by atoms with Crippen molar-refractivity contribution in [1.82, 2.24) is 16.0 Å². The molecule has 0 aromatic rings. The number of carboxylic acids is 2. The van der Waals surface area contributed by atoms with Crippen LogP contribution in [0, 0.1) is 0 Å². The largest absolute Gasteiger partial charge is 0.481 e. The molecule has 17 nitrogen and oxygen atoms in total. The molecule has 3 amide bonds. The molecule has 18 heteroatoms. The Balaban J connectivity index is 5.65. The maximum absolute atomic E-state index is 13.2. The van der Waals surface area contributed by atoms with Gasteiger partial charge in [0.15, 0.2) is 11.9 Å². The molecule has 0 aliphatic rings. The SMILES string of the molecule is CSCC[C@H](N)C(=O)N[C@@H](CCCN=C(N)N)C(=O)N[C@@H](CCC(=O)O)C(=O)N[C@@H](CCCN=C(N)N)C(=O)O. The van der Waals surface area contributed by atoms with Crippen LogP contribution in [0.4, 0.5) is 0 Å². The van der Waals surface area contributed by atoms with Crippen molar-refractivity contribution >= 4 is 53.3 Å². The van der Waals surface area contributed by atoms with E-state index < -0.39 is 60.2 Å². The summed E-state index contributed by atoms with van der Waals surface area (Å²) in [5.74, 6) is -4.57. The number of carboxylic acid groups (broad SMARTS) is 2. The number of aliphatic imine (C=N–C) groups is 2. The molecule has 228 valence electrons. The molecule has 15 N–H and O–H groups in total. The number of guanidine groups is 2. The van der Waals surface area contributed by atoms with Crippen LogP contribution in [-0.2, 0) is 24.0 Å². The second-order valence-electron chi connectivity index (χ2n) is 8.74. The van der Waals surface area contributed by atoms with E-state index >= 15 is 0 Å². The van der Waals surface area contributed by atoms with Crippen LogP contribution in [0.2, 0.25) is 0 Å². The highest BCUT2D eigenvalue weighted by Crippen LogP contribution is 2.07. The monoisotopic (exact) mass is 590 g/mol. The van der Waals surface area contributed by atoms with Crippen molar-refractivity contribution in [3.63, 3.8) is 0 Å². The highest BCUT2D eigenvalue weighted by atomic mass is 32.2. The van der Waals surface area contributed by atoms with Gasteiger partial charge in [0.1, 0.15) is 18.1 Å². The summed E-state index contributed by atoms with van der Waals surface area (Å²) in [4.78, 5) is 69.1. The van der Waals surface area contributed by atoms with Gasteiger partial charge in [-0.3, -0.25) is 29.2 Å². The third kappa shape index (κ3) is 16.9. The Hall–Kier alpha value is -3.80. The summed E-state index contributed by atoms with van der Waals surface area (Å²) in [7, 11) is 0.